The maximum Gasteiger partial charge on any atom is 0.416 e. The molecule has 5 rings (SSSR count). The van der Waals surface area contributed by atoms with E-state index in [1.54, 1.807) is 0 Å². The fourth-order valence-electron chi connectivity index (χ4n) is 4.89. The summed E-state index contributed by atoms with van der Waals surface area (Å²) in [4.78, 5) is 25.2. The Labute approximate surface area is 217 Å². The molecule has 38 heavy (non-hydrogen) atoms. The second-order valence-corrected chi connectivity index (χ2v) is 9.72. The summed E-state index contributed by atoms with van der Waals surface area (Å²) in [6.07, 6.45) is -0.390. The van der Waals surface area contributed by atoms with Gasteiger partial charge in [-0.15, -0.1) is 0 Å². The highest BCUT2D eigenvalue weighted by atomic mass is 19.4. The monoisotopic (exact) mass is 523 g/mol. The molecule has 0 radical (unpaired) electrons. The van der Waals surface area contributed by atoms with E-state index in [4.69, 9.17) is 4.98 Å². The average Bonchev–Trinajstić information content (AvgIpc) is 3.20. The molecule has 1 aliphatic rings. The van der Waals surface area contributed by atoms with Gasteiger partial charge in [-0.1, -0.05) is 49.7 Å². The third-order valence-corrected chi connectivity index (χ3v) is 7.28. The number of aryl methyl sites for hydroxylation is 1. The molecule has 1 fully saturated rings. The molecule has 2 aromatic carbocycles. The number of aromatic nitrogens is 4. The fourth-order valence-corrected chi connectivity index (χ4v) is 4.89. The second-order valence-electron chi connectivity index (χ2n) is 9.72. The number of halogens is 3. The molecular formula is C28H28F3N5O2. The minimum atomic E-state index is -4.43. The molecule has 0 bridgehead atoms. The first kappa shape index (κ1) is 25.7. The van der Waals surface area contributed by atoms with E-state index >= 15 is 0 Å². The number of rotatable bonds is 8. The number of carbonyl (C=O) groups is 1. The molecule has 1 aliphatic carbocycles. The van der Waals surface area contributed by atoms with Crippen molar-refractivity contribution in [2.75, 3.05) is 5.32 Å². The van der Waals surface area contributed by atoms with Crippen LogP contribution in [0.25, 0.3) is 22.6 Å². The fraction of sp³-hybridized carbons (Fsp3) is 0.357. The van der Waals surface area contributed by atoms with Crippen molar-refractivity contribution in [3.8, 4) is 11.4 Å². The van der Waals surface area contributed by atoms with Crippen LogP contribution in [0.1, 0.15) is 60.4 Å². The van der Waals surface area contributed by atoms with Gasteiger partial charge < -0.3 is 15.0 Å². The molecule has 0 saturated heterocycles. The lowest BCUT2D eigenvalue weighted by Gasteiger charge is -2.32. The summed E-state index contributed by atoms with van der Waals surface area (Å²) in [7, 11) is 0. The lowest BCUT2D eigenvalue weighted by molar-refractivity contribution is -0.137. The van der Waals surface area contributed by atoms with Crippen LogP contribution in [-0.4, -0.2) is 36.6 Å². The number of nitrogens with one attached hydrogen (secondary N) is 1. The van der Waals surface area contributed by atoms with Crippen LogP contribution in [0.2, 0.25) is 0 Å². The number of imidazole rings is 1. The number of aromatic carboxylic acids is 1. The van der Waals surface area contributed by atoms with Crippen LogP contribution in [0.4, 0.5) is 19.0 Å². The number of hydrogen-bond donors (Lipinski definition) is 2. The second kappa shape index (κ2) is 10.1. The number of benzene rings is 2. The van der Waals surface area contributed by atoms with Gasteiger partial charge in [-0.25, -0.2) is 19.7 Å². The van der Waals surface area contributed by atoms with Gasteiger partial charge in [0.15, 0.2) is 11.5 Å². The van der Waals surface area contributed by atoms with Crippen molar-refractivity contribution in [2.45, 2.75) is 58.3 Å². The first-order chi connectivity index (χ1) is 18.2. The van der Waals surface area contributed by atoms with E-state index in [2.05, 4.69) is 15.3 Å². The van der Waals surface area contributed by atoms with Gasteiger partial charge in [0.2, 0.25) is 5.82 Å². The summed E-state index contributed by atoms with van der Waals surface area (Å²) in [5, 5.41) is 13.1. The maximum atomic E-state index is 13.2. The SMILES string of the molecule is CCc1ccccc1-c1nc2nc(C(=O)O)nc(N[C@H](C)C3CCC3)c2n1Cc1ccc(C(F)(F)F)cc1. The van der Waals surface area contributed by atoms with Crippen LogP contribution in [0, 0.1) is 5.92 Å². The van der Waals surface area contributed by atoms with Crippen LogP contribution in [-0.2, 0) is 19.1 Å². The number of anilines is 1. The molecule has 2 N–H and O–H groups in total. The van der Waals surface area contributed by atoms with Crippen molar-refractivity contribution >= 4 is 23.0 Å². The van der Waals surface area contributed by atoms with Gasteiger partial charge in [0.25, 0.3) is 0 Å². The number of hydrogen-bond acceptors (Lipinski definition) is 5. The zero-order chi connectivity index (χ0) is 27.0. The highest BCUT2D eigenvalue weighted by molar-refractivity contribution is 5.92. The van der Waals surface area contributed by atoms with Gasteiger partial charge in [-0.3, -0.25) is 0 Å². The summed E-state index contributed by atoms with van der Waals surface area (Å²) in [5.74, 6) is -0.283. The van der Waals surface area contributed by atoms with Gasteiger partial charge in [0, 0.05) is 18.2 Å². The zero-order valence-corrected chi connectivity index (χ0v) is 21.1. The van der Waals surface area contributed by atoms with E-state index in [0.29, 0.717) is 28.6 Å². The largest absolute Gasteiger partial charge is 0.475 e. The van der Waals surface area contributed by atoms with Crippen LogP contribution in [0.5, 0.6) is 0 Å². The Hall–Kier alpha value is -3.95. The van der Waals surface area contributed by atoms with Gasteiger partial charge in [-0.2, -0.15) is 13.2 Å². The van der Waals surface area contributed by atoms with Crippen molar-refractivity contribution in [3.05, 3.63) is 71.0 Å². The normalized spacial score (nSPS) is 14.9. The summed E-state index contributed by atoms with van der Waals surface area (Å²) < 4.78 is 41.4. The maximum absolute atomic E-state index is 13.2. The predicted molar refractivity (Wildman–Crippen MR) is 138 cm³/mol. The summed E-state index contributed by atoms with van der Waals surface area (Å²) >= 11 is 0. The number of carboxylic acids is 1. The molecule has 7 nitrogen and oxygen atoms in total. The quantitative estimate of drug-likeness (QED) is 0.277. The predicted octanol–water partition coefficient (Wildman–Crippen LogP) is 6.42. The first-order valence-electron chi connectivity index (χ1n) is 12.7. The molecule has 0 unspecified atom stereocenters. The molecule has 2 heterocycles. The Balaban J connectivity index is 1.70. The zero-order valence-electron chi connectivity index (χ0n) is 21.1. The minimum Gasteiger partial charge on any atom is -0.475 e. The highest BCUT2D eigenvalue weighted by Gasteiger charge is 2.30. The van der Waals surface area contributed by atoms with Crippen molar-refractivity contribution in [3.63, 3.8) is 0 Å². The van der Waals surface area contributed by atoms with Crippen molar-refractivity contribution in [1.82, 2.24) is 19.5 Å². The lowest BCUT2D eigenvalue weighted by atomic mass is 9.80. The molecule has 2 aromatic heterocycles. The molecule has 1 atom stereocenters. The van der Waals surface area contributed by atoms with Crippen molar-refractivity contribution < 1.29 is 23.1 Å². The van der Waals surface area contributed by atoms with Gasteiger partial charge in [0.1, 0.15) is 11.3 Å². The molecule has 0 amide bonds. The van der Waals surface area contributed by atoms with E-state index < -0.39 is 17.7 Å². The van der Waals surface area contributed by atoms with Crippen LogP contribution < -0.4 is 5.32 Å². The molecule has 10 heteroatoms. The molecule has 0 aliphatic heterocycles. The van der Waals surface area contributed by atoms with Crippen molar-refractivity contribution in [2.24, 2.45) is 5.92 Å². The summed E-state index contributed by atoms with van der Waals surface area (Å²) in [5.41, 5.74) is 2.51. The van der Waals surface area contributed by atoms with E-state index in [1.807, 2.05) is 42.7 Å². The number of carboxylic acid groups (broad SMARTS) is 1. The summed E-state index contributed by atoms with van der Waals surface area (Å²) in [6, 6.07) is 12.8. The molecular weight excluding hydrogens is 495 g/mol. The van der Waals surface area contributed by atoms with Crippen LogP contribution >= 0.6 is 0 Å². The Bertz CT molecular complexity index is 1480. The highest BCUT2D eigenvalue weighted by Crippen LogP contribution is 2.35. The first-order valence-corrected chi connectivity index (χ1v) is 12.7. The molecule has 0 spiro atoms. The molecule has 1 saturated carbocycles. The Morgan fingerprint density at radius 1 is 1.11 bits per heavy atom. The van der Waals surface area contributed by atoms with Crippen LogP contribution in [0.15, 0.2) is 48.5 Å². The Kier molecular flexibility index (Phi) is 6.81. The van der Waals surface area contributed by atoms with E-state index in [9.17, 15) is 23.1 Å². The van der Waals surface area contributed by atoms with E-state index in [-0.39, 0.29) is 24.1 Å². The van der Waals surface area contributed by atoms with Gasteiger partial charge in [-0.05, 0) is 55.4 Å². The van der Waals surface area contributed by atoms with E-state index in [1.165, 1.54) is 12.1 Å². The van der Waals surface area contributed by atoms with Gasteiger partial charge >= 0.3 is 12.1 Å². The van der Waals surface area contributed by atoms with Crippen LogP contribution in [0.3, 0.4) is 0 Å². The third-order valence-electron chi connectivity index (χ3n) is 7.28. The topological polar surface area (TPSA) is 92.9 Å². The lowest BCUT2D eigenvalue weighted by Crippen LogP contribution is -2.31. The molecule has 198 valence electrons. The molecule has 4 aromatic rings. The van der Waals surface area contributed by atoms with Crippen molar-refractivity contribution in [1.29, 1.82) is 0 Å². The summed E-state index contributed by atoms with van der Waals surface area (Å²) in [6.45, 7) is 4.27. The third kappa shape index (κ3) is 4.94. The van der Waals surface area contributed by atoms with Gasteiger partial charge in [0.05, 0.1) is 5.56 Å². The standard InChI is InChI=1S/C28H28F3N5O2/c1-3-18-7-4-5-10-21(18)26-35-24-22(36(26)15-17-11-13-20(14-12-17)28(29,30)31)23(33-25(34-24)27(37)38)32-16(2)19-8-6-9-19/h4-5,7,10-14,16,19H,3,6,8-9,15H2,1-2H3,(H,37,38)(H,32,33,34)/t16-/m1/s1. The number of alkyl halides is 3. The number of nitrogens with zero attached hydrogens (tertiary/aromatic N) is 4. The minimum absolute atomic E-state index is 0.0456. The van der Waals surface area contributed by atoms with E-state index in [0.717, 1.165) is 48.9 Å². The number of fused-ring (bicyclic) bond motifs is 1. The smallest absolute Gasteiger partial charge is 0.416 e. The average molecular weight is 524 g/mol. The Morgan fingerprint density at radius 2 is 1.82 bits per heavy atom. The Morgan fingerprint density at radius 3 is 2.42 bits per heavy atom.